The molecule has 0 radical (unpaired) electrons. The van der Waals surface area contributed by atoms with Crippen LogP contribution in [0.15, 0.2) is 14.7 Å². The minimum atomic E-state index is -3.64. The molecule has 9 heteroatoms. The zero-order valence-electron chi connectivity index (χ0n) is 10.2. The third-order valence-electron chi connectivity index (χ3n) is 3.10. The van der Waals surface area contributed by atoms with E-state index in [1.165, 1.54) is 17.4 Å². The van der Waals surface area contributed by atoms with Crippen molar-refractivity contribution in [1.82, 2.24) is 4.72 Å². The molecule has 1 unspecified atom stereocenters. The first-order chi connectivity index (χ1) is 8.72. The van der Waals surface area contributed by atoms with Gasteiger partial charge in [-0.1, -0.05) is 0 Å². The van der Waals surface area contributed by atoms with Gasteiger partial charge in [0, 0.05) is 11.4 Å². The molecule has 1 atom stereocenters. The van der Waals surface area contributed by atoms with Gasteiger partial charge >= 0.3 is 0 Å². The summed E-state index contributed by atoms with van der Waals surface area (Å²) in [5, 5.41) is -0.593. The average molecular weight is 388 g/mol. The van der Waals surface area contributed by atoms with Gasteiger partial charge in [0.25, 0.3) is 0 Å². The van der Waals surface area contributed by atoms with Crippen LogP contribution in [0.25, 0.3) is 0 Å². The fourth-order valence-corrected chi connectivity index (χ4v) is 7.43. The Morgan fingerprint density at radius 2 is 2.21 bits per heavy atom. The van der Waals surface area contributed by atoms with E-state index < -0.39 is 25.1 Å². The summed E-state index contributed by atoms with van der Waals surface area (Å²) in [7, 11) is -6.77. The summed E-state index contributed by atoms with van der Waals surface area (Å²) in [5.41, 5.74) is 0. The van der Waals surface area contributed by atoms with E-state index in [9.17, 15) is 16.8 Å². The van der Waals surface area contributed by atoms with Gasteiger partial charge in [-0.15, -0.1) is 11.3 Å². The van der Waals surface area contributed by atoms with Crippen LogP contribution in [0.3, 0.4) is 0 Å². The van der Waals surface area contributed by atoms with Crippen LogP contribution in [0.4, 0.5) is 0 Å². The molecule has 1 fully saturated rings. The van der Waals surface area contributed by atoms with Gasteiger partial charge in [0.1, 0.15) is 0 Å². The first-order valence-electron chi connectivity index (χ1n) is 5.69. The van der Waals surface area contributed by atoms with Crippen LogP contribution in [0.5, 0.6) is 0 Å². The highest BCUT2D eigenvalue weighted by Crippen LogP contribution is 2.29. The van der Waals surface area contributed by atoms with E-state index in [2.05, 4.69) is 20.7 Å². The maximum Gasteiger partial charge on any atom is 0.241 e. The maximum absolute atomic E-state index is 12.1. The molecule has 0 amide bonds. The van der Waals surface area contributed by atoms with Crippen LogP contribution >= 0.6 is 27.3 Å². The number of rotatable bonds is 4. The maximum atomic E-state index is 12.1. The number of hydrogen-bond donors (Lipinski definition) is 1. The predicted octanol–water partition coefficient (Wildman–Crippen LogP) is 1.67. The van der Waals surface area contributed by atoms with E-state index in [0.29, 0.717) is 17.7 Å². The van der Waals surface area contributed by atoms with Gasteiger partial charge in [-0.3, -0.25) is 0 Å². The first kappa shape index (κ1) is 15.4. The van der Waals surface area contributed by atoms with E-state index in [1.54, 1.807) is 6.92 Å². The lowest BCUT2D eigenvalue weighted by Crippen LogP contribution is -2.34. The lowest BCUT2D eigenvalue weighted by atomic mass is 10.2. The predicted molar refractivity (Wildman–Crippen MR) is 78.8 cm³/mol. The molecule has 0 aliphatic carbocycles. The molecule has 1 aromatic rings. The molecule has 0 aromatic carbocycles. The lowest BCUT2D eigenvalue weighted by molar-refractivity contribution is 0.571. The molecule has 1 aromatic heterocycles. The SMILES string of the molecule is Cc1sc(Br)cc1S(=O)(=O)NCC1CCCS1(=O)=O. The lowest BCUT2D eigenvalue weighted by Gasteiger charge is -2.11. The summed E-state index contributed by atoms with van der Waals surface area (Å²) in [4.78, 5) is 0.883. The van der Waals surface area contributed by atoms with E-state index in [-0.39, 0.29) is 17.2 Å². The largest absolute Gasteiger partial charge is 0.241 e. The molecule has 2 rings (SSSR count). The van der Waals surface area contributed by atoms with Crippen LogP contribution in [0.2, 0.25) is 0 Å². The molecule has 1 aliphatic heterocycles. The Kier molecular flexibility index (Phi) is 4.41. The van der Waals surface area contributed by atoms with Gasteiger partial charge < -0.3 is 0 Å². The number of sulfone groups is 1. The minimum Gasteiger partial charge on any atom is -0.229 e. The molecule has 1 saturated heterocycles. The van der Waals surface area contributed by atoms with Crippen molar-refractivity contribution in [1.29, 1.82) is 0 Å². The summed E-state index contributed by atoms with van der Waals surface area (Å²) in [5.74, 6) is 0.155. The highest BCUT2D eigenvalue weighted by atomic mass is 79.9. The van der Waals surface area contributed by atoms with Crippen molar-refractivity contribution in [2.75, 3.05) is 12.3 Å². The Morgan fingerprint density at radius 3 is 2.68 bits per heavy atom. The van der Waals surface area contributed by atoms with Crippen molar-refractivity contribution in [3.8, 4) is 0 Å². The van der Waals surface area contributed by atoms with Crippen molar-refractivity contribution in [3.63, 3.8) is 0 Å². The monoisotopic (exact) mass is 387 g/mol. The van der Waals surface area contributed by atoms with Gasteiger partial charge in [0.15, 0.2) is 9.84 Å². The number of hydrogen-bond acceptors (Lipinski definition) is 5. The quantitative estimate of drug-likeness (QED) is 0.851. The normalized spacial score (nSPS) is 22.7. The fourth-order valence-electron chi connectivity index (χ4n) is 2.07. The zero-order valence-corrected chi connectivity index (χ0v) is 14.3. The van der Waals surface area contributed by atoms with Crippen molar-refractivity contribution in [2.24, 2.45) is 0 Å². The molecule has 1 aliphatic rings. The Bertz CT molecular complexity index is 678. The topological polar surface area (TPSA) is 80.3 Å². The summed E-state index contributed by atoms with van der Waals surface area (Å²) in [6, 6.07) is 1.53. The number of sulfonamides is 1. The summed E-state index contributed by atoms with van der Waals surface area (Å²) < 4.78 is 50.7. The highest BCUT2D eigenvalue weighted by molar-refractivity contribution is 9.11. The van der Waals surface area contributed by atoms with E-state index >= 15 is 0 Å². The van der Waals surface area contributed by atoms with Crippen molar-refractivity contribution >= 4 is 47.1 Å². The number of nitrogens with one attached hydrogen (secondary N) is 1. The smallest absolute Gasteiger partial charge is 0.229 e. The fraction of sp³-hybridized carbons (Fsp3) is 0.600. The van der Waals surface area contributed by atoms with Gasteiger partial charge in [0.05, 0.1) is 19.7 Å². The Labute approximate surface area is 125 Å². The molecule has 0 bridgehead atoms. The third kappa shape index (κ3) is 3.38. The average Bonchev–Trinajstić information content (AvgIpc) is 2.78. The Balaban J connectivity index is 2.13. The Morgan fingerprint density at radius 1 is 1.53 bits per heavy atom. The highest BCUT2D eigenvalue weighted by Gasteiger charge is 2.32. The zero-order chi connectivity index (χ0) is 14.3. The minimum absolute atomic E-state index is 0.0441. The second-order valence-corrected chi connectivity index (χ2v) is 11.2. The molecular weight excluding hydrogens is 374 g/mol. The molecular formula is C10H14BrNO4S3. The third-order valence-corrected chi connectivity index (χ3v) is 8.60. The summed E-state index contributed by atoms with van der Waals surface area (Å²) in [6.45, 7) is 1.67. The second-order valence-electron chi connectivity index (χ2n) is 4.45. The van der Waals surface area contributed by atoms with Crippen LogP contribution in [-0.4, -0.2) is 34.4 Å². The second kappa shape index (κ2) is 5.44. The molecule has 0 spiro atoms. The summed E-state index contributed by atoms with van der Waals surface area (Å²) >= 11 is 4.57. The molecule has 1 N–H and O–H groups in total. The van der Waals surface area contributed by atoms with Gasteiger partial charge in [-0.25, -0.2) is 21.6 Å². The van der Waals surface area contributed by atoms with E-state index in [0.717, 1.165) is 3.79 Å². The molecule has 2 heterocycles. The van der Waals surface area contributed by atoms with Crippen molar-refractivity contribution < 1.29 is 16.8 Å². The van der Waals surface area contributed by atoms with E-state index in [4.69, 9.17) is 0 Å². The van der Waals surface area contributed by atoms with Crippen molar-refractivity contribution in [2.45, 2.75) is 29.9 Å². The summed E-state index contributed by atoms with van der Waals surface area (Å²) in [6.07, 6.45) is 1.13. The Hall–Kier alpha value is 0.0400. The van der Waals surface area contributed by atoms with Crippen LogP contribution in [0.1, 0.15) is 17.7 Å². The van der Waals surface area contributed by atoms with Gasteiger partial charge in [-0.05, 0) is 41.8 Å². The van der Waals surface area contributed by atoms with Crippen molar-refractivity contribution in [3.05, 3.63) is 14.7 Å². The molecule has 0 saturated carbocycles. The van der Waals surface area contributed by atoms with Crippen LogP contribution in [0, 0.1) is 6.92 Å². The van der Waals surface area contributed by atoms with E-state index in [1.807, 2.05) is 0 Å². The number of thiophene rings is 1. The molecule has 19 heavy (non-hydrogen) atoms. The van der Waals surface area contributed by atoms with Crippen LogP contribution in [-0.2, 0) is 19.9 Å². The van der Waals surface area contributed by atoms with Gasteiger partial charge in [-0.2, -0.15) is 0 Å². The molecule has 5 nitrogen and oxygen atoms in total. The first-order valence-corrected chi connectivity index (χ1v) is 10.5. The number of halogens is 1. The van der Waals surface area contributed by atoms with Gasteiger partial charge in [0.2, 0.25) is 10.0 Å². The molecule has 108 valence electrons. The van der Waals surface area contributed by atoms with Crippen LogP contribution < -0.4 is 4.72 Å². The number of aryl methyl sites for hydroxylation is 1. The standard InChI is InChI=1S/C10H14BrNO4S3/c1-7-9(5-10(11)17-7)19(15,16)12-6-8-3-2-4-18(8,13)14/h5,8,12H,2-4,6H2,1H3.